The molecular formula is C18H28N2O2. The van der Waals surface area contributed by atoms with Gasteiger partial charge < -0.3 is 15.8 Å². The number of rotatable bonds is 7. The maximum atomic E-state index is 12.1. The normalized spacial score (nSPS) is 17.0. The first-order chi connectivity index (χ1) is 10.4. The summed E-state index contributed by atoms with van der Waals surface area (Å²) in [6.07, 6.45) is 2.67. The zero-order valence-electron chi connectivity index (χ0n) is 14.2. The Labute approximate surface area is 133 Å². The van der Waals surface area contributed by atoms with Crippen LogP contribution in [0.25, 0.3) is 0 Å². The number of amides is 1. The molecule has 122 valence electrons. The smallest absolute Gasteiger partial charge is 0.223 e. The monoisotopic (exact) mass is 304 g/mol. The summed E-state index contributed by atoms with van der Waals surface area (Å²) in [5.41, 5.74) is 9.09. The summed E-state index contributed by atoms with van der Waals surface area (Å²) in [5, 5.41) is 3.08. The van der Waals surface area contributed by atoms with E-state index in [1.807, 2.05) is 26.8 Å². The highest BCUT2D eigenvalue weighted by atomic mass is 16.5. The highest BCUT2D eigenvalue weighted by Crippen LogP contribution is 2.39. The van der Waals surface area contributed by atoms with Crippen molar-refractivity contribution in [3.8, 4) is 5.75 Å². The van der Waals surface area contributed by atoms with Crippen LogP contribution in [-0.2, 0) is 4.79 Å². The van der Waals surface area contributed by atoms with Gasteiger partial charge in [0.15, 0.2) is 0 Å². The first-order valence-electron chi connectivity index (χ1n) is 8.07. The van der Waals surface area contributed by atoms with E-state index in [4.69, 9.17) is 10.5 Å². The first-order valence-corrected chi connectivity index (χ1v) is 8.07. The molecule has 1 atom stereocenters. The Balaban J connectivity index is 1.85. The highest BCUT2D eigenvalue weighted by molar-refractivity contribution is 5.77. The molecule has 2 rings (SSSR count). The van der Waals surface area contributed by atoms with E-state index in [1.165, 1.54) is 11.1 Å². The molecule has 0 aliphatic heterocycles. The lowest BCUT2D eigenvalue weighted by atomic mass is 9.96. The number of aryl methyl sites for hydroxylation is 2. The lowest BCUT2D eigenvalue weighted by Gasteiger charge is -2.29. The van der Waals surface area contributed by atoms with Crippen molar-refractivity contribution in [2.45, 2.75) is 52.5 Å². The third-order valence-corrected chi connectivity index (χ3v) is 4.68. The van der Waals surface area contributed by atoms with Crippen LogP contribution >= 0.6 is 0 Å². The third-order valence-electron chi connectivity index (χ3n) is 4.68. The molecule has 1 fully saturated rings. The molecular weight excluding hydrogens is 276 g/mol. The van der Waals surface area contributed by atoms with E-state index >= 15 is 0 Å². The van der Waals surface area contributed by atoms with Gasteiger partial charge in [-0.3, -0.25) is 4.79 Å². The number of hydrogen-bond acceptors (Lipinski definition) is 3. The average Bonchev–Trinajstić information content (AvgIpc) is 3.28. The van der Waals surface area contributed by atoms with Crippen molar-refractivity contribution in [2.75, 3.05) is 13.2 Å². The van der Waals surface area contributed by atoms with Crippen LogP contribution in [0, 0.1) is 26.7 Å². The van der Waals surface area contributed by atoms with Gasteiger partial charge in [-0.25, -0.2) is 0 Å². The Kier molecular flexibility index (Phi) is 5.12. The second-order valence-corrected chi connectivity index (χ2v) is 6.75. The molecule has 0 radical (unpaired) electrons. The molecule has 1 aliphatic carbocycles. The Morgan fingerprint density at radius 1 is 1.36 bits per heavy atom. The first kappa shape index (κ1) is 16.8. The zero-order valence-corrected chi connectivity index (χ0v) is 14.2. The van der Waals surface area contributed by atoms with Crippen molar-refractivity contribution < 1.29 is 9.53 Å². The minimum Gasteiger partial charge on any atom is -0.493 e. The van der Waals surface area contributed by atoms with Gasteiger partial charge in [0, 0.05) is 6.54 Å². The molecule has 3 N–H and O–H groups in total. The fraction of sp³-hybridized carbons (Fsp3) is 0.611. The number of ether oxygens (including phenoxy) is 1. The van der Waals surface area contributed by atoms with Gasteiger partial charge in [-0.2, -0.15) is 0 Å². The van der Waals surface area contributed by atoms with Crippen molar-refractivity contribution in [3.63, 3.8) is 0 Å². The molecule has 0 spiro atoms. The largest absolute Gasteiger partial charge is 0.493 e. The van der Waals surface area contributed by atoms with Crippen LogP contribution in [0.2, 0.25) is 0 Å². The van der Waals surface area contributed by atoms with Crippen molar-refractivity contribution in [2.24, 2.45) is 11.7 Å². The van der Waals surface area contributed by atoms with Crippen molar-refractivity contribution in [1.29, 1.82) is 0 Å². The van der Waals surface area contributed by atoms with Gasteiger partial charge in [0.05, 0.1) is 18.6 Å². The summed E-state index contributed by atoms with van der Waals surface area (Å²) in [4.78, 5) is 12.1. The van der Waals surface area contributed by atoms with Gasteiger partial charge in [-0.1, -0.05) is 6.07 Å². The average molecular weight is 304 g/mol. The quantitative estimate of drug-likeness (QED) is 0.814. The Hall–Kier alpha value is -1.55. The molecule has 22 heavy (non-hydrogen) atoms. The summed E-state index contributed by atoms with van der Waals surface area (Å²) >= 11 is 0. The lowest BCUT2D eigenvalue weighted by Crippen LogP contribution is -2.53. The van der Waals surface area contributed by atoms with Gasteiger partial charge in [-0.05, 0) is 69.2 Å². The van der Waals surface area contributed by atoms with E-state index < -0.39 is 0 Å². The van der Waals surface area contributed by atoms with Gasteiger partial charge in [0.25, 0.3) is 0 Å². The van der Waals surface area contributed by atoms with Crippen LogP contribution in [0.15, 0.2) is 12.1 Å². The Bertz CT molecular complexity index is 552. The van der Waals surface area contributed by atoms with Crippen molar-refractivity contribution in [3.05, 3.63) is 28.8 Å². The molecule has 0 bridgehead atoms. The van der Waals surface area contributed by atoms with Crippen LogP contribution in [0.1, 0.15) is 42.9 Å². The van der Waals surface area contributed by atoms with Gasteiger partial charge in [0.1, 0.15) is 5.75 Å². The van der Waals surface area contributed by atoms with Gasteiger partial charge in [-0.15, -0.1) is 0 Å². The summed E-state index contributed by atoms with van der Waals surface area (Å²) < 4.78 is 5.80. The van der Waals surface area contributed by atoms with E-state index in [0.29, 0.717) is 25.5 Å². The predicted octanol–water partition coefficient (Wildman–Crippen LogP) is 2.62. The summed E-state index contributed by atoms with van der Waals surface area (Å²) in [6.45, 7) is 9.08. The molecule has 1 saturated carbocycles. The Morgan fingerprint density at radius 2 is 2.05 bits per heavy atom. The third kappa shape index (κ3) is 4.01. The Morgan fingerprint density at radius 3 is 2.64 bits per heavy atom. The number of carbonyl (C=O) groups excluding carboxylic acids is 1. The lowest BCUT2D eigenvalue weighted by molar-refractivity contribution is -0.123. The topological polar surface area (TPSA) is 64.3 Å². The second-order valence-electron chi connectivity index (χ2n) is 6.75. The molecule has 0 heterocycles. The van der Waals surface area contributed by atoms with E-state index in [1.54, 1.807) is 0 Å². The van der Waals surface area contributed by atoms with E-state index in [2.05, 4.69) is 18.3 Å². The maximum Gasteiger partial charge on any atom is 0.223 e. The molecule has 1 aliphatic rings. The van der Waals surface area contributed by atoms with Crippen molar-refractivity contribution in [1.82, 2.24) is 5.32 Å². The molecule has 0 aromatic heterocycles. The van der Waals surface area contributed by atoms with Gasteiger partial charge >= 0.3 is 0 Å². The van der Waals surface area contributed by atoms with Crippen LogP contribution in [0.5, 0.6) is 5.75 Å². The number of nitrogens with one attached hydrogen (secondary N) is 1. The molecule has 0 saturated heterocycles. The molecule has 4 heteroatoms. The minimum atomic E-state index is -0.257. The number of benzene rings is 1. The maximum absolute atomic E-state index is 12.1. The van der Waals surface area contributed by atoms with E-state index in [0.717, 1.165) is 24.2 Å². The zero-order chi connectivity index (χ0) is 16.3. The highest BCUT2D eigenvalue weighted by Gasteiger charge is 2.41. The standard InChI is InChI=1S/C18H28N2O2/c1-12-9-13(2)14(3)16(10-12)22-8-7-17(21)20-18(4,11-19)15-5-6-15/h9-10,15H,5-8,11,19H2,1-4H3,(H,20,21). The number of hydrogen-bond donors (Lipinski definition) is 2. The summed E-state index contributed by atoms with van der Waals surface area (Å²) in [5.74, 6) is 1.42. The van der Waals surface area contributed by atoms with Crippen LogP contribution < -0.4 is 15.8 Å². The molecule has 4 nitrogen and oxygen atoms in total. The molecule has 1 aromatic rings. The molecule has 1 amide bonds. The predicted molar refractivity (Wildman–Crippen MR) is 89.1 cm³/mol. The van der Waals surface area contributed by atoms with Crippen LogP contribution in [0.3, 0.4) is 0 Å². The van der Waals surface area contributed by atoms with Crippen molar-refractivity contribution >= 4 is 5.91 Å². The summed E-state index contributed by atoms with van der Waals surface area (Å²) in [6, 6.07) is 4.16. The minimum absolute atomic E-state index is 0.0156. The van der Waals surface area contributed by atoms with E-state index in [-0.39, 0.29) is 11.4 Å². The SMILES string of the molecule is Cc1cc(C)c(C)c(OCCC(=O)NC(C)(CN)C2CC2)c1. The number of nitrogens with two attached hydrogens (primary N) is 1. The summed E-state index contributed by atoms with van der Waals surface area (Å²) in [7, 11) is 0. The number of carbonyl (C=O) groups is 1. The fourth-order valence-electron chi connectivity index (χ4n) is 2.83. The van der Waals surface area contributed by atoms with Crippen LogP contribution in [-0.4, -0.2) is 24.6 Å². The molecule has 1 aromatic carbocycles. The molecule has 1 unspecified atom stereocenters. The van der Waals surface area contributed by atoms with Crippen LogP contribution in [0.4, 0.5) is 0 Å². The fourth-order valence-corrected chi connectivity index (χ4v) is 2.83. The second kappa shape index (κ2) is 6.69. The van der Waals surface area contributed by atoms with E-state index in [9.17, 15) is 4.79 Å². The van der Waals surface area contributed by atoms with Gasteiger partial charge in [0.2, 0.25) is 5.91 Å².